The Kier molecular flexibility index (Phi) is 5.81. The van der Waals surface area contributed by atoms with Crippen LogP contribution in [0.3, 0.4) is 0 Å². The zero-order chi connectivity index (χ0) is 23.1. The van der Waals surface area contributed by atoms with Crippen molar-refractivity contribution in [3.63, 3.8) is 0 Å². The van der Waals surface area contributed by atoms with Gasteiger partial charge in [-0.3, -0.25) is 4.79 Å². The number of hydrogen-bond donors (Lipinski definition) is 3. The Morgan fingerprint density at radius 2 is 1.91 bits per heavy atom. The Morgan fingerprint density at radius 3 is 2.59 bits per heavy atom. The normalized spacial score (nSPS) is 20.2. The van der Waals surface area contributed by atoms with Gasteiger partial charge < -0.3 is 20.7 Å². The summed E-state index contributed by atoms with van der Waals surface area (Å²) >= 11 is 0. The molecule has 1 amide bonds. The fraction of sp³-hybridized carbons (Fsp3) is 0.435. The number of sulfonamides is 1. The van der Waals surface area contributed by atoms with Crippen molar-refractivity contribution in [3.05, 3.63) is 53.1 Å². The Bertz CT molecular complexity index is 1140. The Labute approximate surface area is 189 Å². The first-order valence-electron chi connectivity index (χ1n) is 10.7. The first kappa shape index (κ1) is 22.4. The van der Waals surface area contributed by atoms with Crippen LogP contribution in [0.15, 0.2) is 36.4 Å². The number of hydrogen-bond acceptors (Lipinski definition) is 7. The minimum absolute atomic E-state index is 0.0222. The lowest BCUT2D eigenvalue weighted by atomic mass is 9.72. The van der Waals surface area contributed by atoms with Gasteiger partial charge in [0.25, 0.3) is 5.91 Å². The fourth-order valence-corrected chi connectivity index (χ4v) is 5.01. The van der Waals surface area contributed by atoms with Gasteiger partial charge >= 0.3 is 0 Å². The second kappa shape index (κ2) is 8.29. The molecule has 2 aliphatic rings. The molecule has 9 heteroatoms. The summed E-state index contributed by atoms with van der Waals surface area (Å²) in [6.45, 7) is 7.44. The van der Waals surface area contributed by atoms with Crippen molar-refractivity contribution in [2.45, 2.75) is 26.3 Å². The number of rotatable bonds is 4. The van der Waals surface area contributed by atoms with Crippen molar-refractivity contribution in [1.29, 1.82) is 0 Å². The van der Waals surface area contributed by atoms with Crippen LogP contribution in [-0.4, -0.2) is 46.9 Å². The van der Waals surface area contributed by atoms with E-state index in [-0.39, 0.29) is 11.5 Å². The lowest BCUT2D eigenvalue weighted by Gasteiger charge is -2.42. The number of amides is 1. The highest BCUT2D eigenvalue weighted by Crippen LogP contribution is 2.46. The smallest absolute Gasteiger partial charge is 0.264 e. The van der Waals surface area contributed by atoms with Gasteiger partial charge in [0.15, 0.2) is 0 Å². The van der Waals surface area contributed by atoms with Gasteiger partial charge in [-0.25, -0.2) is 13.1 Å². The van der Waals surface area contributed by atoms with Crippen LogP contribution in [0.4, 0.5) is 17.1 Å². The lowest BCUT2D eigenvalue weighted by Crippen LogP contribution is -2.37. The number of carbonyl (C=O) groups is 1. The Hall–Kier alpha value is -2.78. The summed E-state index contributed by atoms with van der Waals surface area (Å²) in [5, 5.41) is 3.63. The number of anilines is 3. The third-order valence-electron chi connectivity index (χ3n) is 6.04. The van der Waals surface area contributed by atoms with Gasteiger partial charge in [-0.1, -0.05) is 13.8 Å². The molecule has 0 saturated carbocycles. The molecule has 1 fully saturated rings. The molecule has 172 valence electrons. The maximum absolute atomic E-state index is 12.3. The molecular weight excluding hydrogens is 428 g/mol. The molecule has 2 aliphatic heterocycles. The maximum atomic E-state index is 12.3. The minimum Gasteiger partial charge on any atom is -0.399 e. The average molecular weight is 459 g/mol. The van der Waals surface area contributed by atoms with Crippen LogP contribution in [0.1, 0.15) is 41.4 Å². The molecule has 8 nitrogen and oxygen atoms in total. The van der Waals surface area contributed by atoms with E-state index >= 15 is 0 Å². The summed E-state index contributed by atoms with van der Waals surface area (Å²) < 4.78 is 30.3. The zero-order valence-corrected chi connectivity index (χ0v) is 19.5. The molecule has 2 heterocycles. The molecule has 4 N–H and O–H groups in total. The van der Waals surface area contributed by atoms with E-state index in [4.69, 9.17) is 10.5 Å². The molecule has 2 aromatic carbocycles. The van der Waals surface area contributed by atoms with Crippen LogP contribution in [0.25, 0.3) is 0 Å². The summed E-state index contributed by atoms with van der Waals surface area (Å²) in [6, 6.07) is 11.5. The molecule has 0 radical (unpaired) electrons. The molecule has 0 aromatic heterocycles. The van der Waals surface area contributed by atoms with Crippen molar-refractivity contribution in [1.82, 2.24) is 4.72 Å². The third-order valence-corrected chi connectivity index (χ3v) is 6.60. The third kappa shape index (κ3) is 4.83. The maximum Gasteiger partial charge on any atom is 0.264 e. The van der Waals surface area contributed by atoms with E-state index in [1.54, 1.807) is 12.1 Å². The largest absolute Gasteiger partial charge is 0.399 e. The summed E-state index contributed by atoms with van der Waals surface area (Å²) in [5.41, 5.74) is 11.3. The van der Waals surface area contributed by atoms with Crippen LogP contribution in [-0.2, 0) is 21.2 Å². The van der Waals surface area contributed by atoms with Crippen LogP contribution in [0.5, 0.6) is 0 Å². The van der Waals surface area contributed by atoms with Gasteiger partial charge in [-0.2, -0.15) is 0 Å². The van der Waals surface area contributed by atoms with Crippen LogP contribution < -0.4 is 20.7 Å². The van der Waals surface area contributed by atoms with Gasteiger partial charge in [0, 0.05) is 35.7 Å². The highest BCUT2D eigenvalue weighted by atomic mass is 32.2. The molecule has 32 heavy (non-hydrogen) atoms. The van der Waals surface area contributed by atoms with E-state index in [9.17, 15) is 13.2 Å². The molecule has 2 aromatic rings. The van der Waals surface area contributed by atoms with E-state index in [0.29, 0.717) is 18.8 Å². The van der Waals surface area contributed by atoms with Gasteiger partial charge in [0.2, 0.25) is 10.0 Å². The molecule has 0 bridgehead atoms. The highest BCUT2D eigenvalue weighted by Gasteiger charge is 2.36. The molecule has 0 spiro atoms. The molecule has 1 saturated heterocycles. The summed E-state index contributed by atoms with van der Waals surface area (Å²) in [5.74, 6) is -0.624. The number of ether oxygens (including phenoxy) is 1. The standard InChI is InChI=1S/C23H30N4O4S/c1-23(2)14-17-10-15(22(28)26-32(3,29)30)4-5-20(17)25-21(23)16-11-18(24)13-19(12-16)27-6-8-31-9-7-27/h4-5,10-13,21,25H,6-9,14,24H2,1-3H3,(H,26,28). The number of fused-ring (bicyclic) bond motifs is 1. The fourth-order valence-electron chi connectivity index (χ4n) is 4.56. The number of nitrogen functional groups attached to an aromatic ring is 1. The van der Waals surface area contributed by atoms with E-state index in [0.717, 1.165) is 54.0 Å². The topological polar surface area (TPSA) is 114 Å². The summed E-state index contributed by atoms with van der Waals surface area (Å²) in [6.07, 6.45) is 1.69. The summed E-state index contributed by atoms with van der Waals surface area (Å²) in [4.78, 5) is 14.6. The Balaban J connectivity index is 1.63. The van der Waals surface area contributed by atoms with Crippen molar-refractivity contribution in [3.8, 4) is 0 Å². The first-order valence-corrected chi connectivity index (χ1v) is 12.6. The molecule has 4 rings (SSSR count). The average Bonchev–Trinajstić information content (AvgIpc) is 2.71. The molecule has 1 unspecified atom stereocenters. The van der Waals surface area contributed by atoms with Crippen LogP contribution >= 0.6 is 0 Å². The van der Waals surface area contributed by atoms with E-state index < -0.39 is 15.9 Å². The van der Waals surface area contributed by atoms with Crippen molar-refractivity contribution >= 4 is 33.0 Å². The van der Waals surface area contributed by atoms with Crippen LogP contribution in [0, 0.1) is 5.41 Å². The number of benzene rings is 2. The van der Waals surface area contributed by atoms with E-state index in [2.05, 4.69) is 30.1 Å². The SMILES string of the molecule is CC1(C)Cc2cc(C(=O)NS(C)(=O)=O)ccc2NC1c1cc(N)cc(N2CCOCC2)c1. The number of nitrogens with zero attached hydrogens (tertiary/aromatic N) is 1. The number of nitrogens with one attached hydrogen (secondary N) is 2. The van der Waals surface area contributed by atoms with Gasteiger partial charge in [0.1, 0.15) is 0 Å². The second-order valence-corrected chi connectivity index (χ2v) is 11.0. The van der Waals surface area contributed by atoms with E-state index in [1.807, 2.05) is 22.9 Å². The first-order chi connectivity index (χ1) is 15.0. The van der Waals surface area contributed by atoms with Gasteiger partial charge in [0.05, 0.1) is 25.5 Å². The Morgan fingerprint density at radius 1 is 1.19 bits per heavy atom. The molecule has 0 aliphatic carbocycles. The number of carbonyl (C=O) groups excluding carboxylic acids is 1. The predicted octanol–water partition coefficient (Wildman–Crippen LogP) is 2.53. The number of nitrogens with two attached hydrogens (primary N) is 1. The monoisotopic (exact) mass is 458 g/mol. The quantitative estimate of drug-likeness (QED) is 0.603. The second-order valence-electron chi connectivity index (χ2n) is 9.28. The minimum atomic E-state index is -3.62. The lowest BCUT2D eigenvalue weighted by molar-refractivity contribution is 0.0981. The van der Waals surface area contributed by atoms with Gasteiger partial charge in [-0.05, 0) is 59.4 Å². The predicted molar refractivity (Wildman–Crippen MR) is 126 cm³/mol. The molecule has 1 atom stereocenters. The van der Waals surface area contributed by atoms with Crippen molar-refractivity contribution in [2.24, 2.45) is 5.41 Å². The zero-order valence-electron chi connectivity index (χ0n) is 18.6. The van der Waals surface area contributed by atoms with Gasteiger partial charge in [-0.15, -0.1) is 0 Å². The highest BCUT2D eigenvalue weighted by molar-refractivity contribution is 7.89. The summed E-state index contributed by atoms with van der Waals surface area (Å²) in [7, 11) is -3.62. The molecular formula is C23H30N4O4S. The van der Waals surface area contributed by atoms with E-state index in [1.165, 1.54) is 0 Å². The van der Waals surface area contributed by atoms with Crippen molar-refractivity contribution in [2.75, 3.05) is 48.5 Å². The van der Waals surface area contributed by atoms with Crippen LogP contribution in [0.2, 0.25) is 0 Å². The number of morpholine rings is 1. The van der Waals surface area contributed by atoms with Crippen molar-refractivity contribution < 1.29 is 17.9 Å².